The number of halogens is 1. The van der Waals surface area contributed by atoms with Gasteiger partial charge in [0, 0.05) is 24.2 Å². The minimum atomic E-state index is -0.253. The topological polar surface area (TPSA) is 49.0 Å². The van der Waals surface area contributed by atoms with Gasteiger partial charge in [0.2, 0.25) is 0 Å². The second-order valence-corrected chi connectivity index (χ2v) is 7.22. The molecule has 1 atom stereocenters. The first-order valence-electron chi connectivity index (χ1n) is 9.10. The van der Waals surface area contributed by atoms with Crippen LogP contribution in [0.4, 0.5) is 4.39 Å². The number of rotatable bonds is 3. The Morgan fingerprint density at radius 2 is 2.12 bits per heavy atom. The van der Waals surface area contributed by atoms with E-state index in [1.165, 1.54) is 18.9 Å². The maximum absolute atomic E-state index is 14.7. The van der Waals surface area contributed by atoms with Gasteiger partial charge >= 0.3 is 0 Å². The summed E-state index contributed by atoms with van der Waals surface area (Å²) >= 11 is 0. The van der Waals surface area contributed by atoms with Crippen LogP contribution in [0, 0.1) is 11.7 Å². The lowest BCUT2D eigenvalue weighted by molar-refractivity contribution is 0.175. The zero-order chi connectivity index (χ0) is 18.1. The van der Waals surface area contributed by atoms with Crippen molar-refractivity contribution in [2.75, 3.05) is 13.1 Å². The molecule has 2 heterocycles. The average Bonchev–Trinajstić information content (AvgIpc) is 2.63. The molecule has 26 heavy (non-hydrogen) atoms. The van der Waals surface area contributed by atoms with E-state index in [4.69, 9.17) is 0 Å². The Labute approximate surface area is 151 Å². The van der Waals surface area contributed by atoms with Crippen LogP contribution in [0.1, 0.15) is 25.3 Å². The molecule has 134 valence electrons. The molecule has 0 spiro atoms. The molecule has 1 saturated heterocycles. The van der Waals surface area contributed by atoms with Crippen LogP contribution >= 0.6 is 0 Å². The number of para-hydroxylation sites is 1. The molecule has 2 aromatic carbocycles. The third kappa shape index (κ3) is 3.40. The normalized spacial score (nSPS) is 18.3. The van der Waals surface area contributed by atoms with Gasteiger partial charge in [-0.05, 0) is 43.5 Å². The fourth-order valence-corrected chi connectivity index (χ4v) is 3.72. The van der Waals surface area contributed by atoms with Gasteiger partial charge in [-0.2, -0.15) is 0 Å². The minimum absolute atomic E-state index is 0.211. The Morgan fingerprint density at radius 1 is 1.27 bits per heavy atom. The Hall–Kier alpha value is -2.53. The number of benzene rings is 2. The van der Waals surface area contributed by atoms with Crippen LogP contribution in [0.2, 0.25) is 0 Å². The van der Waals surface area contributed by atoms with E-state index < -0.39 is 0 Å². The van der Waals surface area contributed by atoms with E-state index in [2.05, 4.69) is 21.8 Å². The Kier molecular flexibility index (Phi) is 4.55. The summed E-state index contributed by atoms with van der Waals surface area (Å²) in [5.74, 6) is 0.806. The summed E-state index contributed by atoms with van der Waals surface area (Å²) in [6, 6.07) is 12.3. The summed E-state index contributed by atoms with van der Waals surface area (Å²) in [6.45, 7) is 4.90. The number of nitrogens with one attached hydrogen (secondary N) is 1. The maximum atomic E-state index is 14.7. The van der Waals surface area contributed by atoms with Crippen LogP contribution in [-0.2, 0) is 6.54 Å². The molecule has 0 bridgehead atoms. The number of hydrogen-bond donors (Lipinski definition) is 1. The van der Waals surface area contributed by atoms with Crippen molar-refractivity contribution >= 4 is 10.9 Å². The molecular formula is C21H22FN3O. The summed E-state index contributed by atoms with van der Waals surface area (Å²) in [5.41, 5.74) is 1.67. The first-order valence-corrected chi connectivity index (χ1v) is 9.10. The second kappa shape index (κ2) is 7.00. The van der Waals surface area contributed by atoms with Crippen molar-refractivity contribution in [2.45, 2.75) is 26.3 Å². The number of aromatic amines is 1. The third-order valence-corrected chi connectivity index (χ3v) is 5.07. The van der Waals surface area contributed by atoms with Crippen molar-refractivity contribution < 1.29 is 4.39 Å². The summed E-state index contributed by atoms with van der Waals surface area (Å²) in [4.78, 5) is 21.8. The molecule has 1 fully saturated rings. The zero-order valence-corrected chi connectivity index (χ0v) is 14.8. The van der Waals surface area contributed by atoms with Crippen LogP contribution in [0.15, 0.2) is 47.3 Å². The first kappa shape index (κ1) is 16.9. The molecule has 0 aliphatic carbocycles. The van der Waals surface area contributed by atoms with Crippen LogP contribution in [0.3, 0.4) is 0 Å². The van der Waals surface area contributed by atoms with Crippen molar-refractivity contribution in [1.82, 2.24) is 14.9 Å². The molecule has 0 radical (unpaired) electrons. The molecule has 5 heteroatoms. The highest BCUT2D eigenvalue weighted by Crippen LogP contribution is 2.23. The number of H-pyrrole nitrogens is 1. The van der Waals surface area contributed by atoms with E-state index in [1.54, 1.807) is 24.3 Å². The van der Waals surface area contributed by atoms with E-state index in [9.17, 15) is 9.18 Å². The number of nitrogens with zero attached hydrogens (tertiary/aromatic N) is 2. The molecule has 1 aromatic heterocycles. The fourth-order valence-electron chi connectivity index (χ4n) is 3.72. The van der Waals surface area contributed by atoms with Crippen LogP contribution in [0.25, 0.3) is 22.3 Å². The van der Waals surface area contributed by atoms with Crippen molar-refractivity contribution in [3.8, 4) is 11.4 Å². The van der Waals surface area contributed by atoms with E-state index in [0.717, 1.165) is 13.1 Å². The average molecular weight is 351 g/mol. The summed E-state index contributed by atoms with van der Waals surface area (Å²) in [5, 5.41) is 0.535. The lowest BCUT2D eigenvalue weighted by atomic mass is 9.99. The van der Waals surface area contributed by atoms with Gasteiger partial charge in [-0.25, -0.2) is 9.37 Å². The predicted octanol–water partition coefficient (Wildman–Crippen LogP) is 3.96. The number of hydrogen-bond acceptors (Lipinski definition) is 3. The van der Waals surface area contributed by atoms with E-state index in [1.807, 2.05) is 12.1 Å². The lowest BCUT2D eigenvalue weighted by Crippen LogP contribution is -2.33. The summed E-state index contributed by atoms with van der Waals surface area (Å²) in [7, 11) is 0. The number of aromatic nitrogens is 2. The SMILES string of the molecule is CC1CCCN(Cc2ccc(-c3nc4ccccc4c(=O)[nH]3)cc2F)C1. The van der Waals surface area contributed by atoms with Crippen molar-refractivity contribution in [3.63, 3.8) is 0 Å². The largest absolute Gasteiger partial charge is 0.306 e. The molecular weight excluding hydrogens is 329 g/mol. The zero-order valence-electron chi connectivity index (χ0n) is 14.8. The van der Waals surface area contributed by atoms with Gasteiger partial charge in [-0.1, -0.05) is 31.2 Å². The monoisotopic (exact) mass is 351 g/mol. The smallest absolute Gasteiger partial charge is 0.259 e. The molecule has 1 aliphatic rings. The molecule has 4 rings (SSSR count). The standard InChI is InChI=1S/C21H22FN3O/c1-14-5-4-10-25(12-14)13-16-9-8-15(11-18(16)22)20-23-19-7-3-2-6-17(19)21(26)24-20/h2-3,6-9,11,14H,4-5,10,12-13H2,1H3,(H,23,24,26). The minimum Gasteiger partial charge on any atom is -0.306 e. The van der Waals surface area contributed by atoms with Crippen LogP contribution in [0.5, 0.6) is 0 Å². The Morgan fingerprint density at radius 3 is 2.92 bits per heavy atom. The molecule has 1 aliphatic heterocycles. The first-order chi connectivity index (χ1) is 12.6. The molecule has 3 aromatic rings. The third-order valence-electron chi connectivity index (χ3n) is 5.07. The molecule has 1 N–H and O–H groups in total. The van der Waals surface area contributed by atoms with Gasteiger partial charge in [0.15, 0.2) is 0 Å². The second-order valence-electron chi connectivity index (χ2n) is 7.22. The van der Waals surface area contributed by atoms with Gasteiger partial charge < -0.3 is 4.98 Å². The van der Waals surface area contributed by atoms with Gasteiger partial charge in [0.25, 0.3) is 5.56 Å². The highest BCUT2D eigenvalue weighted by atomic mass is 19.1. The van der Waals surface area contributed by atoms with E-state index >= 15 is 0 Å². The van der Waals surface area contributed by atoms with Crippen molar-refractivity contribution in [3.05, 3.63) is 64.2 Å². The van der Waals surface area contributed by atoms with Gasteiger partial charge in [0.1, 0.15) is 11.6 Å². The predicted molar refractivity (Wildman–Crippen MR) is 101 cm³/mol. The van der Waals surface area contributed by atoms with Crippen LogP contribution < -0.4 is 5.56 Å². The fraction of sp³-hybridized carbons (Fsp3) is 0.333. The van der Waals surface area contributed by atoms with Crippen molar-refractivity contribution in [2.24, 2.45) is 5.92 Å². The van der Waals surface area contributed by atoms with Gasteiger partial charge in [0.05, 0.1) is 10.9 Å². The molecule has 1 unspecified atom stereocenters. The number of likely N-dealkylation sites (tertiary alicyclic amines) is 1. The number of piperidine rings is 1. The Balaban J connectivity index is 1.62. The molecule has 0 amide bonds. The highest BCUT2D eigenvalue weighted by molar-refractivity contribution is 5.79. The van der Waals surface area contributed by atoms with Gasteiger partial charge in [-0.3, -0.25) is 9.69 Å². The van der Waals surface area contributed by atoms with Crippen molar-refractivity contribution in [1.29, 1.82) is 0 Å². The molecule has 0 saturated carbocycles. The molecule has 4 nitrogen and oxygen atoms in total. The number of fused-ring (bicyclic) bond motifs is 1. The Bertz CT molecular complexity index is 998. The van der Waals surface area contributed by atoms with Crippen LogP contribution in [-0.4, -0.2) is 28.0 Å². The quantitative estimate of drug-likeness (QED) is 0.777. The van der Waals surface area contributed by atoms with Gasteiger partial charge in [-0.15, -0.1) is 0 Å². The lowest BCUT2D eigenvalue weighted by Gasteiger charge is -2.30. The van der Waals surface area contributed by atoms with E-state index in [0.29, 0.717) is 40.3 Å². The summed E-state index contributed by atoms with van der Waals surface area (Å²) in [6.07, 6.45) is 2.42. The maximum Gasteiger partial charge on any atom is 0.259 e. The van der Waals surface area contributed by atoms with E-state index in [-0.39, 0.29) is 11.4 Å². The summed E-state index contributed by atoms with van der Waals surface area (Å²) < 4.78 is 14.7. The highest BCUT2D eigenvalue weighted by Gasteiger charge is 2.18.